The van der Waals surface area contributed by atoms with Crippen molar-refractivity contribution in [3.05, 3.63) is 16.3 Å². The van der Waals surface area contributed by atoms with Crippen molar-refractivity contribution in [1.29, 1.82) is 0 Å². The molecule has 90 valence electrons. The van der Waals surface area contributed by atoms with Crippen LogP contribution in [0.25, 0.3) is 0 Å². The van der Waals surface area contributed by atoms with Gasteiger partial charge in [0.15, 0.2) is 5.82 Å². The van der Waals surface area contributed by atoms with E-state index in [-0.39, 0.29) is 0 Å². The third-order valence-electron chi connectivity index (χ3n) is 2.17. The number of aryl methyl sites for hydroxylation is 1. The number of nitrogens with zero attached hydrogens (tertiary/aromatic N) is 3. The van der Waals surface area contributed by atoms with Gasteiger partial charge in [0.2, 0.25) is 0 Å². The van der Waals surface area contributed by atoms with Gasteiger partial charge in [-0.1, -0.05) is 13.8 Å². The van der Waals surface area contributed by atoms with E-state index in [1.54, 1.807) is 6.92 Å². The molecule has 0 aromatic carbocycles. The second kappa shape index (κ2) is 4.82. The van der Waals surface area contributed by atoms with Crippen LogP contribution in [0.3, 0.4) is 0 Å². The summed E-state index contributed by atoms with van der Waals surface area (Å²) in [5, 5.41) is 6.34. The first kappa shape index (κ1) is 12.3. The summed E-state index contributed by atoms with van der Waals surface area (Å²) in [7, 11) is 0. The maximum atomic E-state index is 11.5. The fraction of sp³-hybridized carbons (Fsp3) is 0.667. The van der Waals surface area contributed by atoms with Crippen LogP contribution in [0.4, 0.5) is 4.79 Å². The molecule has 1 amide bonds. The Kier molecular flexibility index (Phi) is 3.70. The van der Waals surface area contributed by atoms with Crippen molar-refractivity contribution >= 4 is 6.03 Å². The lowest BCUT2D eigenvalue weighted by molar-refractivity contribution is 0.238. The Labute approximate surface area is 93.2 Å². The zero-order valence-electron chi connectivity index (χ0n) is 9.73. The van der Waals surface area contributed by atoms with E-state index in [9.17, 15) is 9.59 Å². The molecule has 0 unspecified atom stereocenters. The van der Waals surface area contributed by atoms with Crippen LogP contribution in [0.1, 0.15) is 26.1 Å². The Morgan fingerprint density at radius 1 is 1.56 bits per heavy atom. The van der Waals surface area contributed by atoms with E-state index < -0.39 is 11.7 Å². The molecule has 0 saturated carbocycles. The second-order valence-corrected chi connectivity index (χ2v) is 4.03. The van der Waals surface area contributed by atoms with E-state index in [1.165, 1.54) is 0 Å². The molecule has 7 heteroatoms. The third kappa shape index (κ3) is 2.62. The quantitative estimate of drug-likeness (QED) is 0.691. The molecular formula is C9H17N5O2. The molecule has 0 bridgehead atoms. The van der Waals surface area contributed by atoms with Crippen molar-refractivity contribution in [2.24, 2.45) is 5.92 Å². The number of nitrogens with two attached hydrogens (primary N) is 1. The van der Waals surface area contributed by atoms with Crippen LogP contribution in [0, 0.1) is 12.8 Å². The summed E-state index contributed by atoms with van der Waals surface area (Å²) in [5.74, 6) is 6.15. The number of carbonyl (C=O) groups excluding carboxylic acids is 1. The maximum Gasteiger partial charge on any atom is 0.373 e. The Morgan fingerprint density at radius 2 is 2.19 bits per heavy atom. The lowest BCUT2D eigenvalue weighted by Crippen LogP contribution is -2.39. The monoisotopic (exact) mass is 227 g/mol. The van der Waals surface area contributed by atoms with Gasteiger partial charge >= 0.3 is 11.7 Å². The molecule has 0 aliphatic carbocycles. The normalized spacial score (nSPS) is 10.8. The standard InChI is InChI=1S/C9H17N5O2/c1-6(2)4-5-11-8(15)14-9(16)13(10)7(3)12-14/h6H,4-5,10H2,1-3H3,(H,11,15). The topological polar surface area (TPSA) is 94.9 Å². The van der Waals surface area contributed by atoms with Crippen molar-refractivity contribution in [2.75, 3.05) is 12.4 Å². The van der Waals surface area contributed by atoms with Crippen LogP contribution in [0.15, 0.2) is 4.79 Å². The average molecular weight is 227 g/mol. The predicted octanol–water partition coefficient (Wildman–Crippen LogP) is -0.329. The van der Waals surface area contributed by atoms with Gasteiger partial charge in [0, 0.05) is 6.54 Å². The first-order chi connectivity index (χ1) is 7.43. The number of aromatic nitrogens is 3. The van der Waals surface area contributed by atoms with Crippen LogP contribution in [0.2, 0.25) is 0 Å². The highest BCUT2D eigenvalue weighted by molar-refractivity contribution is 5.75. The van der Waals surface area contributed by atoms with Crippen molar-refractivity contribution < 1.29 is 4.79 Å². The van der Waals surface area contributed by atoms with Crippen molar-refractivity contribution in [2.45, 2.75) is 27.2 Å². The Bertz CT molecular complexity index is 432. The number of amides is 1. The number of hydrogen-bond acceptors (Lipinski definition) is 4. The van der Waals surface area contributed by atoms with Gasteiger partial charge in [-0.2, -0.15) is 4.68 Å². The zero-order valence-corrected chi connectivity index (χ0v) is 9.73. The highest BCUT2D eigenvalue weighted by Gasteiger charge is 2.13. The maximum absolute atomic E-state index is 11.5. The smallest absolute Gasteiger partial charge is 0.336 e. The average Bonchev–Trinajstić information content (AvgIpc) is 2.45. The van der Waals surface area contributed by atoms with Gasteiger partial charge in [0.25, 0.3) is 0 Å². The van der Waals surface area contributed by atoms with E-state index >= 15 is 0 Å². The van der Waals surface area contributed by atoms with Gasteiger partial charge < -0.3 is 11.2 Å². The highest BCUT2D eigenvalue weighted by Crippen LogP contribution is 1.96. The van der Waals surface area contributed by atoms with Gasteiger partial charge in [-0.05, 0) is 19.3 Å². The zero-order chi connectivity index (χ0) is 12.3. The summed E-state index contributed by atoms with van der Waals surface area (Å²) in [6.45, 7) is 6.17. The molecule has 1 aromatic rings. The third-order valence-corrected chi connectivity index (χ3v) is 2.17. The summed E-state index contributed by atoms with van der Waals surface area (Å²) >= 11 is 0. The lowest BCUT2D eigenvalue weighted by Gasteiger charge is -2.05. The van der Waals surface area contributed by atoms with Crippen molar-refractivity contribution in [3.8, 4) is 0 Å². The molecule has 1 aromatic heterocycles. The largest absolute Gasteiger partial charge is 0.373 e. The first-order valence-corrected chi connectivity index (χ1v) is 5.15. The molecule has 0 radical (unpaired) electrons. The molecule has 1 rings (SSSR count). The number of carbonyl (C=O) groups is 1. The molecule has 7 nitrogen and oxygen atoms in total. The summed E-state index contributed by atoms with van der Waals surface area (Å²) in [6.07, 6.45) is 0.850. The Hall–Kier alpha value is -1.79. The molecular weight excluding hydrogens is 210 g/mol. The molecule has 0 atom stereocenters. The van der Waals surface area contributed by atoms with Crippen LogP contribution < -0.4 is 16.8 Å². The molecule has 16 heavy (non-hydrogen) atoms. The van der Waals surface area contributed by atoms with Crippen LogP contribution in [-0.4, -0.2) is 27.0 Å². The van der Waals surface area contributed by atoms with Crippen molar-refractivity contribution in [1.82, 2.24) is 19.8 Å². The van der Waals surface area contributed by atoms with Crippen LogP contribution >= 0.6 is 0 Å². The number of hydrogen-bond donors (Lipinski definition) is 2. The van der Waals surface area contributed by atoms with Gasteiger partial charge in [0.1, 0.15) is 0 Å². The fourth-order valence-electron chi connectivity index (χ4n) is 1.15. The minimum Gasteiger partial charge on any atom is -0.336 e. The van der Waals surface area contributed by atoms with E-state index in [4.69, 9.17) is 5.84 Å². The number of nitrogens with one attached hydrogen (secondary N) is 1. The molecule has 0 aliphatic rings. The number of rotatable bonds is 3. The summed E-state index contributed by atoms with van der Waals surface area (Å²) in [4.78, 5) is 22.9. The summed E-state index contributed by atoms with van der Waals surface area (Å²) in [5.41, 5.74) is -0.639. The van der Waals surface area contributed by atoms with Crippen molar-refractivity contribution in [3.63, 3.8) is 0 Å². The van der Waals surface area contributed by atoms with E-state index in [1.807, 2.05) is 0 Å². The van der Waals surface area contributed by atoms with Gasteiger partial charge in [0.05, 0.1) is 0 Å². The van der Waals surface area contributed by atoms with E-state index in [0.29, 0.717) is 18.3 Å². The SMILES string of the molecule is Cc1nn(C(=O)NCCC(C)C)c(=O)n1N. The molecule has 0 aliphatic heterocycles. The Morgan fingerprint density at radius 3 is 2.62 bits per heavy atom. The molecule has 0 saturated heterocycles. The summed E-state index contributed by atoms with van der Waals surface area (Å²) in [6, 6.07) is -0.544. The molecule has 1 heterocycles. The van der Waals surface area contributed by atoms with E-state index in [0.717, 1.165) is 15.8 Å². The lowest BCUT2D eigenvalue weighted by atomic mass is 10.1. The molecule has 0 spiro atoms. The Balaban J connectivity index is 2.67. The predicted molar refractivity (Wildman–Crippen MR) is 59.6 cm³/mol. The number of nitrogen functional groups attached to an aromatic ring is 1. The van der Waals surface area contributed by atoms with Crippen LogP contribution in [0.5, 0.6) is 0 Å². The fourth-order valence-corrected chi connectivity index (χ4v) is 1.15. The van der Waals surface area contributed by atoms with Crippen LogP contribution in [-0.2, 0) is 0 Å². The highest BCUT2D eigenvalue weighted by atomic mass is 16.2. The molecule has 3 N–H and O–H groups in total. The minimum absolute atomic E-state index is 0.295. The van der Waals surface area contributed by atoms with E-state index in [2.05, 4.69) is 24.3 Å². The van der Waals surface area contributed by atoms with Gasteiger partial charge in [-0.3, -0.25) is 0 Å². The molecule has 0 fully saturated rings. The first-order valence-electron chi connectivity index (χ1n) is 5.15. The van der Waals surface area contributed by atoms with Gasteiger partial charge in [-0.25, -0.2) is 9.59 Å². The second-order valence-electron chi connectivity index (χ2n) is 4.03. The summed E-state index contributed by atoms with van der Waals surface area (Å²) < 4.78 is 1.57. The minimum atomic E-state index is -0.639. The van der Waals surface area contributed by atoms with Gasteiger partial charge in [-0.15, -0.1) is 9.78 Å².